The zero-order chi connectivity index (χ0) is 30.9. The Balaban J connectivity index is 1.10. The number of hydrogen-bond donors (Lipinski definition) is 1. The van der Waals surface area contributed by atoms with Gasteiger partial charge in [0.15, 0.2) is 5.13 Å². The van der Waals surface area contributed by atoms with Crippen LogP contribution in [-0.2, 0) is 13.0 Å². The number of nitrogens with zero attached hydrogens (tertiary/aromatic N) is 3. The highest BCUT2D eigenvalue weighted by Crippen LogP contribution is 2.35. The van der Waals surface area contributed by atoms with Crippen LogP contribution in [0, 0.1) is 12.8 Å². The average molecular weight is 613 g/mol. The first-order valence-corrected chi connectivity index (χ1v) is 16.9. The maximum absolute atomic E-state index is 6.38. The molecule has 1 aliphatic carbocycles. The molecule has 1 saturated carbocycles. The lowest BCUT2D eigenvalue weighted by atomic mass is 9.89. The number of hydrogen-bond acceptors (Lipinski definition) is 6. The highest BCUT2D eigenvalue weighted by molar-refractivity contribution is 7.22. The number of pyridine rings is 1. The molecule has 0 amide bonds. The summed E-state index contributed by atoms with van der Waals surface area (Å²) in [6, 6.07) is 25.5. The van der Waals surface area contributed by atoms with Crippen molar-refractivity contribution in [1.29, 1.82) is 0 Å². The van der Waals surface area contributed by atoms with Gasteiger partial charge in [0.25, 0.3) is 0 Å². The zero-order valence-corrected chi connectivity index (χ0v) is 27.0. The molecular weight excluding hydrogens is 573 g/mol. The minimum Gasteiger partial charge on any atom is -0.490 e. The fourth-order valence-electron chi connectivity index (χ4n) is 6.76. The zero-order valence-electron chi connectivity index (χ0n) is 26.2. The lowest BCUT2D eigenvalue weighted by Gasteiger charge is -2.32. The molecule has 5 aromatic rings. The number of aromatic nitrogens is 2. The number of fused-ring (bicyclic) bond motifs is 2. The molecule has 2 aliphatic rings. The fourth-order valence-corrected chi connectivity index (χ4v) is 7.65. The molecule has 5 nitrogen and oxygen atoms in total. The maximum Gasteiger partial charge on any atom is 0.188 e. The molecule has 0 spiro atoms. The van der Waals surface area contributed by atoms with Gasteiger partial charge in [0.2, 0.25) is 0 Å². The van der Waals surface area contributed by atoms with Crippen molar-refractivity contribution in [2.45, 2.75) is 58.6 Å². The minimum absolute atomic E-state index is 0.326. The molecule has 1 N–H and O–H groups in total. The van der Waals surface area contributed by atoms with E-state index in [1.807, 2.05) is 24.3 Å². The Morgan fingerprint density at radius 3 is 2.60 bits per heavy atom. The molecule has 228 valence electrons. The predicted molar refractivity (Wildman–Crippen MR) is 190 cm³/mol. The van der Waals surface area contributed by atoms with E-state index >= 15 is 0 Å². The van der Waals surface area contributed by atoms with Crippen molar-refractivity contribution in [2.24, 2.45) is 5.92 Å². The molecule has 6 heteroatoms. The van der Waals surface area contributed by atoms with Crippen LogP contribution in [-0.4, -0.2) is 22.6 Å². The quantitative estimate of drug-likeness (QED) is 0.189. The molecule has 7 rings (SSSR count). The van der Waals surface area contributed by atoms with Crippen LogP contribution in [0.15, 0.2) is 86.0 Å². The van der Waals surface area contributed by atoms with Crippen molar-refractivity contribution >= 4 is 44.3 Å². The second kappa shape index (κ2) is 12.5. The van der Waals surface area contributed by atoms with E-state index in [1.165, 1.54) is 29.5 Å². The third-order valence-corrected chi connectivity index (χ3v) is 10.3. The molecule has 0 radical (unpaired) electrons. The second-order valence-corrected chi connectivity index (χ2v) is 13.5. The van der Waals surface area contributed by atoms with Gasteiger partial charge < -0.3 is 15.0 Å². The van der Waals surface area contributed by atoms with E-state index in [9.17, 15) is 0 Å². The molecule has 3 heterocycles. The summed E-state index contributed by atoms with van der Waals surface area (Å²) in [6.07, 6.45) is 7.94. The van der Waals surface area contributed by atoms with Gasteiger partial charge in [-0.15, -0.1) is 0 Å². The highest BCUT2D eigenvalue weighted by atomic mass is 32.1. The molecule has 0 saturated heterocycles. The van der Waals surface area contributed by atoms with Crippen molar-refractivity contribution in [2.75, 3.05) is 16.8 Å². The van der Waals surface area contributed by atoms with Gasteiger partial charge in [-0.3, -0.25) is 0 Å². The Labute approximate surface area is 270 Å². The van der Waals surface area contributed by atoms with E-state index in [1.54, 1.807) is 11.3 Å². The Kier molecular flexibility index (Phi) is 8.16. The highest BCUT2D eigenvalue weighted by Gasteiger charge is 2.23. The van der Waals surface area contributed by atoms with Crippen LogP contribution in [0.4, 0.5) is 10.9 Å². The van der Waals surface area contributed by atoms with Crippen molar-refractivity contribution in [3.63, 3.8) is 0 Å². The summed E-state index contributed by atoms with van der Waals surface area (Å²) in [4.78, 5) is 12.2. The minimum atomic E-state index is 0.326. The summed E-state index contributed by atoms with van der Waals surface area (Å²) in [5.41, 5.74) is 9.97. The molecular formula is C39H40N4OS. The van der Waals surface area contributed by atoms with E-state index in [4.69, 9.17) is 14.7 Å². The maximum atomic E-state index is 6.38. The number of ether oxygens (including phenoxy) is 1. The first-order valence-electron chi connectivity index (χ1n) is 16.0. The van der Waals surface area contributed by atoms with E-state index < -0.39 is 0 Å². The number of benzene rings is 3. The van der Waals surface area contributed by atoms with Crippen LogP contribution in [0.3, 0.4) is 0 Å². The van der Waals surface area contributed by atoms with Gasteiger partial charge in [-0.1, -0.05) is 67.8 Å². The van der Waals surface area contributed by atoms with Gasteiger partial charge in [-0.25, -0.2) is 9.97 Å². The van der Waals surface area contributed by atoms with Gasteiger partial charge in [-0.2, -0.15) is 0 Å². The standard InChI is InChI=1S/C39H40N4OS/c1-5-35-33(31-18-17-30(23-26(31)3)44-29-15-13-25(2)14-16-29)19-20-38(41-35)43-22-21-28-9-8-10-32(34(28)24-43)27(4)40-39-42-36-11-6-7-12-37(36)45-39/h5-12,17-20,23,25,29H,1,4,13-16,21-22,24H2,2-3H3,(H,40,42). The van der Waals surface area contributed by atoms with E-state index in [0.29, 0.717) is 6.10 Å². The smallest absolute Gasteiger partial charge is 0.188 e. The number of anilines is 2. The monoisotopic (exact) mass is 612 g/mol. The number of thiazole rings is 1. The van der Waals surface area contributed by atoms with Crippen LogP contribution in [0.1, 0.15) is 60.6 Å². The number of rotatable bonds is 8. The predicted octanol–water partition coefficient (Wildman–Crippen LogP) is 9.91. The van der Waals surface area contributed by atoms with Gasteiger partial charge in [0, 0.05) is 29.9 Å². The normalized spacial score (nSPS) is 18.0. The topological polar surface area (TPSA) is 50.3 Å². The molecule has 0 bridgehead atoms. The Hall–Kier alpha value is -4.42. The van der Waals surface area contributed by atoms with Crippen LogP contribution in [0.5, 0.6) is 5.75 Å². The van der Waals surface area contributed by atoms with Crippen LogP contribution in [0.2, 0.25) is 0 Å². The molecule has 1 fully saturated rings. The summed E-state index contributed by atoms with van der Waals surface area (Å²) < 4.78 is 7.54. The van der Waals surface area contributed by atoms with Crippen LogP contribution < -0.4 is 15.0 Å². The van der Waals surface area contributed by atoms with Gasteiger partial charge in [0.05, 0.1) is 22.0 Å². The molecule has 2 aromatic heterocycles. The molecule has 0 unspecified atom stereocenters. The first kappa shape index (κ1) is 29.3. The Morgan fingerprint density at radius 2 is 1.80 bits per heavy atom. The van der Waals surface area contributed by atoms with Crippen molar-refractivity contribution < 1.29 is 4.74 Å². The molecule has 0 atom stereocenters. The van der Waals surface area contributed by atoms with Gasteiger partial charge in [-0.05, 0) is 110 Å². The van der Waals surface area contributed by atoms with Gasteiger partial charge >= 0.3 is 0 Å². The number of aryl methyl sites for hydroxylation is 1. The average Bonchev–Trinajstić information content (AvgIpc) is 3.47. The van der Waals surface area contributed by atoms with E-state index in [2.05, 4.69) is 91.8 Å². The first-order chi connectivity index (χ1) is 21.9. The van der Waals surface area contributed by atoms with Crippen molar-refractivity contribution in [3.05, 3.63) is 114 Å². The van der Waals surface area contributed by atoms with E-state index in [-0.39, 0.29) is 0 Å². The summed E-state index contributed by atoms with van der Waals surface area (Å²) in [6.45, 7) is 14.7. The van der Waals surface area contributed by atoms with Crippen molar-refractivity contribution in [1.82, 2.24) is 9.97 Å². The van der Waals surface area contributed by atoms with E-state index in [0.717, 1.165) is 93.3 Å². The van der Waals surface area contributed by atoms with Gasteiger partial charge in [0.1, 0.15) is 11.6 Å². The Morgan fingerprint density at radius 1 is 0.978 bits per heavy atom. The van der Waals surface area contributed by atoms with Crippen molar-refractivity contribution in [3.8, 4) is 16.9 Å². The lowest BCUT2D eigenvalue weighted by molar-refractivity contribution is 0.135. The lowest BCUT2D eigenvalue weighted by Crippen LogP contribution is -2.32. The van der Waals surface area contributed by atoms with Crippen LogP contribution in [0.25, 0.3) is 33.1 Å². The molecule has 45 heavy (non-hydrogen) atoms. The largest absolute Gasteiger partial charge is 0.490 e. The molecule has 3 aromatic carbocycles. The number of nitrogens with one attached hydrogen (secondary N) is 1. The summed E-state index contributed by atoms with van der Waals surface area (Å²) in [5.74, 6) is 2.74. The second-order valence-electron chi connectivity index (χ2n) is 12.5. The number of para-hydroxylation sites is 1. The SMILES string of the molecule is C=Cc1nc(N2CCc3cccc(C(=C)Nc4nc5ccccc5s4)c3C2)ccc1-c1ccc(OC2CCC(C)CC2)cc1C. The third-order valence-electron chi connectivity index (χ3n) is 9.33. The summed E-state index contributed by atoms with van der Waals surface area (Å²) in [7, 11) is 0. The van der Waals surface area contributed by atoms with Crippen LogP contribution >= 0.6 is 11.3 Å². The third kappa shape index (κ3) is 6.12. The summed E-state index contributed by atoms with van der Waals surface area (Å²) in [5, 5.41) is 4.35. The summed E-state index contributed by atoms with van der Waals surface area (Å²) >= 11 is 1.65. The molecule has 1 aliphatic heterocycles. The fraction of sp³-hybridized carbons (Fsp3) is 0.282. The Bertz CT molecular complexity index is 1850.